The van der Waals surface area contributed by atoms with Gasteiger partial charge in [-0.05, 0) is 36.2 Å². The number of anilines is 1. The van der Waals surface area contributed by atoms with Crippen LogP contribution in [0.5, 0.6) is 0 Å². The molecule has 0 aliphatic rings. The molecular weight excluding hydrogens is 260 g/mol. The lowest BCUT2D eigenvalue weighted by atomic mass is 10.1. The van der Waals surface area contributed by atoms with Gasteiger partial charge in [0.1, 0.15) is 0 Å². The van der Waals surface area contributed by atoms with Gasteiger partial charge in [-0.2, -0.15) is 4.98 Å². The van der Waals surface area contributed by atoms with Crippen LogP contribution in [0, 0.1) is 0 Å². The topological polar surface area (TPSA) is 42.2 Å². The van der Waals surface area contributed by atoms with E-state index in [1.165, 1.54) is 5.56 Å². The maximum atomic E-state index is 5.85. The van der Waals surface area contributed by atoms with Gasteiger partial charge in [-0.15, -0.1) is 5.10 Å². The third-order valence-electron chi connectivity index (χ3n) is 2.85. The van der Waals surface area contributed by atoms with Crippen LogP contribution >= 0.6 is 11.6 Å². The van der Waals surface area contributed by atoms with E-state index in [-0.39, 0.29) is 0 Å². The molecule has 2 aromatic heterocycles. The van der Waals surface area contributed by atoms with Crippen molar-refractivity contribution in [3.05, 3.63) is 59.2 Å². The van der Waals surface area contributed by atoms with Crippen LogP contribution in [0.25, 0.3) is 5.65 Å². The molecule has 3 aromatic rings. The number of hydrogen-bond acceptors (Lipinski definition) is 3. The summed E-state index contributed by atoms with van der Waals surface area (Å²) < 4.78 is 1.75. The molecule has 1 aromatic carbocycles. The summed E-state index contributed by atoms with van der Waals surface area (Å²) in [4.78, 5) is 4.38. The summed E-state index contributed by atoms with van der Waals surface area (Å²) in [6.07, 6.45) is 2.79. The smallest absolute Gasteiger partial charge is 0.243 e. The normalized spacial score (nSPS) is 10.8. The first-order valence-electron chi connectivity index (χ1n) is 6.11. The van der Waals surface area contributed by atoms with Crippen LogP contribution in [-0.2, 0) is 6.42 Å². The number of pyridine rings is 1. The lowest BCUT2D eigenvalue weighted by Crippen LogP contribution is -2.06. The van der Waals surface area contributed by atoms with Crippen molar-refractivity contribution in [2.75, 3.05) is 11.9 Å². The van der Waals surface area contributed by atoms with Crippen molar-refractivity contribution < 1.29 is 0 Å². The third kappa shape index (κ3) is 2.85. The Hall–Kier alpha value is -2.07. The molecule has 0 aliphatic carbocycles. The standard InChI is InChI=1S/C14H13ClN4/c15-12-6-4-11(5-7-12)8-9-16-14-17-13-3-1-2-10-19(13)18-14/h1-7,10H,8-9H2,(H,16,18). The second-order valence-electron chi connectivity index (χ2n) is 4.24. The van der Waals surface area contributed by atoms with Crippen molar-refractivity contribution in [3.8, 4) is 0 Å². The molecule has 4 nitrogen and oxygen atoms in total. The Balaban J connectivity index is 1.61. The molecule has 0 amide bonds. The van der Waals surface area contributed by atoms with Gasteiger partial charge in [-0.25, -0.2) is 4.52 Å². The first kappa shape index (κ1) is 12.0. The van der Waals surface area contributed by atoms with E-state index in [9.17, 15) is 0 Å². The lowest BCUT2D eigenvalue weighted by Gasteiger charge is -2.02. The minimum absolute atomic E-state index is 0.653. The number of nitrogens with zero attached hydrogens (tertiary/aromatic N) is 3. The van der Waals surface area contributed by atoms with Gasteiger partial charge in [0, 0.05) is 17.8 Å². The molecular formula is C14H13ClN4. The first-order chi connectivity index (χ1) is 9.31. The zero-order chi connectivity index (χ0) is 13.1. The van der Waals surface area contributed by atoms with Crippen LogP contribution in [0.3, 0.4) is 0 Å². The van der Waals surface area contributed by atoms with E-state index in [0.717, 1.165) is 23.6 Å². The molecule has 19 heavy (non-hydrogen) atoms. The molecule has 1 N–H and O–H groups in total. The Bertz CT molecular complexity index is 642. The van der Waals surface area contributed by atoms with E-state index in [4.69, 9.17) is 11.6 Å². The molecule has 96 valence electrons. The summed E-state index contributed by atoms with van der Waals surface area (Å²) in [6, 6.07) is 13.7. The van der Waals surface area contributed by atoms with Crippen LogP contribution < -0.4 is 5.32 Å². The van der Waals surface area contributed by atoms with E-state index in [1.54, 1.807) is 4.52 Å². The molecule has 0 aliphatic heterocycles. The number of halogens is 1. The quantitative estimate of drug-likeness (QED) is 0.794. The fourth-order valence-electron chi connectivity index (χ4n) is 1.88. The molecule has 5 heteroatoms. The molecule has 2 heterocycles. The van der Waals surface area contributed by atoms with Crippen molar-refractivity contribution in [2.24, 2.45) is 0 Å². The highest BCUT2D eigenvalue weighted by Crippen LogP contribution is 2.10. The molecule has 0 fully saturated rings. The van der Waals surface area contributed by atoms with Gasteiger partial charge >= 0.3 is 0 Å². The summed E-state index contributed by atoms with van der Waals surface area (Å²) in [5.41, 5.74) is 2.08. The number of rotatable bonds is 4. The van der Waals surface area contributed by atoms with Gasteiger partial charge in [0.05, 0.1) is 0 Å². The van der Waals surface area contributed by atoms with E-state index in [1.807, 2.05) is 48.7 Å². The van der Waals surface area contributed by atoms with Crippen molar-refractivity contribution in [1.82, 2.24) is 14.6 Å². The van der Waals surface area contributed by atoms with Gasteiger partial charge in [-0.3, -0.25) is 0 Å². The predicted octanol–water partition coefficient (Wildman–Crippen LogP) is 3.04. The molecule has 0 radical (unpaired) electrons. The summed E-state index contributed by atoms with van der Waals surface area (Å²) in [6.45, 7) is 0.790. The zero-order valence-electron chi connectivity index (χ0n) is 10.3. The Morgan fingerprint density at radius 1 is 1.11 bits per heavy atom. The average Bonchev–Trinajstić information content (AvgIpc) is 2.83. The largest absolute Gasteiger partial charge is 0.353 e. The summed E-state index contributed by atoms with van der Waals surface area (Å²) in [5.74, 6) is 0.653. The molecule has 0 spiro atoms. The van der Waals surface area contributed by atoms with Crippen LogP contribution in [0.15, 0.2) is 48.7 Å². The minimum Gasteiger partial charge on any atom is -0.353 e. The summed E-state index contributed by atoms with van der Waals surface area (Å²) in [5, 5.41) is 8.32. The minimum atomic E-state index is 0.653. The van der Waals surface area contributed by atoms with Gasteiger partial charge in [-0.1, -0.05) is 29.8 Å². The van der Waals surface area contributed by atoms with Gasteiger partial charge in [0.2, 0.25) is 5.95 Å². The van der Waals surface area contributed by atoms with E-state index in [0.29, 0.717) is 5.95 Å². The maximum Gasteiger partial charge on any atom is 0.243 e. The second kappa shape index (κ2) is 5.28. The van der Waals surface area contributed by atoms with Gasteiger partial charge in [0.15, 0.2) is 5.65 Å². The van der Waals surface area contributed by atoms with Gasteiger partial charge < -0.3 is 5.32 Å². The van der Waals surface area contributed by atoms with E-state index >= 15 is 0 Å². The highest BCUT2D eigenvalue weighted by molar-refractivity contribution is 6.30. The number of hydrogen-bond donors (Lipinski definition) is 1. The Labute approximate surface area is 116 Å². The van der Waals surface area contributed by atoms with Gasteiger partial charge in [0.25, 0.3) is 0 Å². The number of aromatic nitrogens is 3. The zero-order valence-corrected chi connectivity index (χ0v) is 11.0. The van der Waals surface area contributed by atoms with Crippen molar-refractivity contribution in [2.45, 2.75) is 6.42 Å². The van der Waals surface area contributed by atoms with Crippen molar-refractivity contribution in [1.29, 1.82) is 0 Å². The fourth-order valence-corrected chi connectivity index (χ4v) is 2.00. The fraction of sp³-hybridized carbons (Fsp3) is 0.143. The second-order valence-corrected chi connectivity index (χ2v) is 4.68. The third-order valence-corrected chi connectivity index (χ3v) is 3.10. The molecule has 0 saturated heterocycles. The first-order valence-corrected chi connectivity index (χ1v) is 6.49. The molecule has 0 bridgehead atoms. The molecule has 3 rings (SSSR count). The predicted molar refractivity (Wildman–Crippen MR) is 76.6 cm³/mol. The average molecular weight is 273 g/mol. The number of fused-ring (bicyclic) bond motifs is 1. The Morgan fingerprint density at radius 3 is 2.74 bits per heavy atom. The van der Waals surface area contributed by atoms with E-state index in [2.05, 4.69) is 15.4 Å². The van der Waals surface area contributed by atoms with Crippen molar-refractivity contribution >= 4 is 23.2 Å². The Morgan fingerprint density at radius 2 is 1.95 bits per heavy atom. The summed E-state index contributed by atoms with van der Waals surface area (Å²) in [7, 11) is 0. The van der Waals surface area contributed by atoms with Crippen LogP contribution in [0.1, 0.15) is 5.56 Å². The van der Waals surface area contributed by atoms with E-state index < -0.39 is 0 Å². The molecule has 0 saturated carbocycles. The Kier molecular flexibility index (Phi) is 3.33. The lowest BCUT2D eigenvalue weighted by molar-refractivity contribution is 0.937. The number of nitrogens with one attached hydrogen (secondary N) is 1. The monoisotopic (exact) mass is 272 g/mol. The van der Waals surface area contributed by atoms with Crippen LogP contribution in [0.2, 0.25) is 5.02 Å². The van der Waals surface area contributed by atoms with Crippen molar-refractivity contribution in [3.63, 3.8) is 0 Å². The molecule has 0 unspecified atom stereocenters. The summed E-state index contributed by atoms with van der Waals surface area (Å²) >= 11 is 5.85. The van der Waals surface area contributed by atoms with Crippen LogP contribution in [-0.4, -0.2) is 21.1 Å². The van der Waals surface area contributed by atoms with Crippen LogP contribution in [0.4, 0.5) is 5.95 Å². The number of benzene rings is 1. The SMILES string of the molecule is Clc1ccc(CCNc2nc3ccccn3n2)cc1. The maximum absolute atomic E-state index is 5.85. The highest BCUT2D eigenvalue weighted by atomic mass is 35.5. The molecule has 0 atom stereocenters. The highest BCUT2D eigenvalue weighted by Gasteiger charge is 2.01.